The maximum atomic E-state index is 12.9. The molecule has 2 heterocycles. The van der Waals surface area contributed by atoms with E-state index >= 15 is 0 Å². The van der Waals surface area contributed by atoms with Gasteiger partial charge < -0.3 is 9.64 Å². The predicted octanol–water partition coefficient (Wildman–Crippen LogP) is 3.65. The van der Waals surface area contributed by atoms with E-state index in [0.717, 1.165) is 49.2 Å². The number of aromatic nitrogens is 1. The van der Waals surface area contributed by atoms with Gasteiger partial charge >= 0.3 is 0 Å². The minimum absolute atomic E-state index is 0.0250. The molecule has 1 aliphatic heterocycles. The topological polar surface area (TPSA) is 45.7 Å². The average molecular weight is 389 g/mol. The predicted molar refractivity (Wildman–Crippen MR) is 115 cm³/mol. The Bertz CT molecular complexity index is 982. The highest BCUT2D eigenvalue weighted by atomic mass is 16.5. The minimum atomic E-state index is -0.552. The lowest BCUT2D eigenvalue weighted by Gasteiger charge is -2.35. The molecular formula is C24H27N3O2. The molecule has 0 N–H and O–H groups in total. The molecule has 1 unspecified atom stereocenters. The van der Waals surface area contributed by atoms with Crippen molar-refractivity contribution in [2.75, 3.05) is 26.2 Å². The van der Waals surface area contributed by atoms with E-state index in [0.29, 0.717) is 5.88 Å². The first kappa shape index (κ1) is 19.4. The van der Waals surface area contributed by atoms with Crippen LogP contribution in [0.3, 0.4) is 0 Å². The summed E-state index contributed by atoms with van der Waals surface area (Å²) in [5.41, 5.74) is 3.29. The van der Waals surface area contributed by atoms with Crippen LogP contribution in [0.2, 0.25) is 0 Å². The summed E-state index contributed by atoms with van der Waals surface area (Å²) in [6.45, 7) is 7.98. The number of hydrogen-bond acceptors (Lipinski definition) is 4. The van der Waals surface area contributed by atoms with Gasteiger partial charge in [-0.3, -0.25) is 9.69 Å². The molecular weight excluding hydrogens is 362 g/mol. The van der Waals surface area contributed by atoms with Crippen LogP contribution in [0.25, 0.3) is 10.9 Å². The molecule has 0 aliphatic carbocycles. The van der Waals surface area contributed by atoms with Gasteiger partial charge in [-0.15, -0.1) is 0 Å². The van der Waals surface area contributed by atoms with Crippen LogP contribution < -0.4 is 4.74 Å². The van der Waals surface area contributed by atoms with E-state index in [2.05, 4.69) is 34.1 Å². The van der Waals surface area contributed by atoms with E-state index in [-0.39, 0.29) is 5.91 Å². The number of ether oxygens (including phenoxy) is 1. The van der Waals surface area contributed by atoms with Crippen molar-refractivity contribution >= 4 is 16.8 Å². The van der Waals surface area contributed by atoms with Crippen molar-refractivity contribution in [2.24, 2.45) is 0 Å². The van der Waals surface area contributed by atoms with Gasteiger partial charge in [0.05, 0.1) is 5.52 Å². The number of piperazine rings is 1. The molecule has 2 aromatic carbocycles. The number of benzene rings is 2. The third kappa shape index (κ3) is 4.57. The first-order chi connectivity index (χ1) is 14.1. The van der Waals surface area contributed by atoms with Gasteiger partial charge in [0.15, 0.2) is 6.10 Å². The van der Waals surface area contributed by atoms with Gasteiger partial charge in [-0.25, -0.2) is 4.98 Å². The Kier molecular flexibility index (Phi) is 5.76. The highest BCUT2D eigenvalue weighted by Gasteiger charge is 2.26. The van der Waals surface area contributed by atoms with Crippen molar-refractivity contribution in [3.63, 3.8) is 0 Å². The molecule has 150 valence electrons. The number of hydrogen-bond donors (Lipinski definition) is 0. The number of aryl methyl sites for hydroxylation is 1. The number of amides is 1. The normalized spacial score (nSPS) is 16.0. The Hall–Kier alpha value is -2.92. The van der Waals surface area contributed by atoms with Crippen LogP contribution in [0.5, 0.6) is 5.88 Å². The molecule has 1 atom stereocenters. The summed E-state index contributed by atoms with van der Waals surface area (Å²) >= 11 is 0. The highest BCUT2D eigenvalue weighted by Crippen LogP contribution is 2.22. The largest absolute Gasteiger partial charge is 0.465 e. The fraction of sp³-hybridized carbons (Fsp3) is 0.333. The zero-order valence-electron chi connectivity index (χ0n) is 17.0. The molecule has 1 amide bonds. The molecule has 0 bridgehead atoms. The molecule has 1 fully saturated rings. The second-order valence-corrected chi connectivity index (χ2v) is 7.64. The summed E-state index contributed by atoms with van der Waals surface area (Å²) in [5, 5.41) is 1.10. The van der Waals surface area contributed by atoms with Crippen molar-refractivity contribution in [2.45, 2.75) is 26.5 Å². The first-order valence-corrected chi connectivity index (χ1v) is 10.2. The smallest absolute Gasteiger partial charge is 0.263 e. The maximum Gasteiger partial charge on any atom is 0.263 e. The lowest BCUT2D eigenvalue weighted by molar-refractivity contribution is -0.139. The SMILES string of the molecule is Cc1cc(OC(C)C(=O)N2CCN(Cc3ccccc3)CC2)nc2ccccc12. The third-order valence-electron chi connectivity index (χ3n) is 5.48. The number of carbonyl (C=O) groups excluding carboxylic acids is 1. The van der Waals surface area contributed by atoms with Gasteiger partial charge in [0.2, 0.25) is 5.88 Å². The maximum absolute atomic E-state index is 12.9. The minimum Gasteiger partial charge on any atom is -0.465 e. The van der Waals surface area contributed by atoms with Gasteiger partial charge in [-0.1, -0.05) is 48.5 Å². The monoisotopic (exact) mass is 389 g/mol. The fourth-order valence-electron chi connectivity index (χ4n) is 3.84. The number of rotatable bonds is 5. The van der Waals surface area contributed by atoms with Crippen LogP contribution in [-0.2, 0) is 11.3 Å². The summed E-state index contributed by atoms with van der Waals surface area (Å²) in [7, 11) is 0. The third-order valence-corrected chi connectivity index (χ3v) is 5.48. The first-order valence-electron chi connectivity index (χ1n) is 10.2. The van der Waals surface area contributed by atoms with Crippen molar-refractivity contribution in [1.29, 1.82) is 0 Å². The molecule has 4 rings (SSSR count). The highest BCUT2D eigenvalue weighted by molar-refractivity contribution is 5.83. The zero-order chi connectivity index (χ0) is 20.2. The standard InChI is InChI=1S/C24H27N3O2/c1-18-16-23(25-22-11-7-6-10-21(18)22)29-19(2)24(28)27-14-12-26(13-15-27)17-20-8-4-3-5-9-20/h3-11,16,19H,12-15,17H2,1-2H3. The summed E-state index contributed by atoms with van der Waals surface area (Å²) < 4.78 is 5.92. The van der Waals surface area contributed by atoms with E-state index in [9.17, 15) is 4.79 Å². The van der Waals surface area contributed by atoms with E-state index < -0.39 is 6.10 Å². The number of carbonyl (C=O) groups is 1. The van der Waals surface area contributed by atoms with Crippen molar-refractivity contribution in [3.8, 4) is 5.88 Å². The fourth-order valence-corrected chi connectivity index (χ4v) is 3.84. The van der Waals surface area contributed by atoms with Crippen molar-refractivity contribution in [3.05, 3.63) is 71.8 Å². The summed E-state index contributed by atoms with van der Waals surface area (Å²) in [6, 6.07) is 20.3. The molecule has 0 spiro atoms. The molecule has 5 heteroatoms. The van der Waals surface area contributed by atoms with E-state index in [4.69, 9.17) is 4.74 Å². The van der Waals surface area contributed by atoms with Crippen molar-refractivity contribution in [1.82, 2.24) is 14.8 Å². The Labute approximate surface area is 171 Å². The molecule has 0 radical (unpaired) electrons. The molecule has 1 saturated heterocycles. The van der Waals surface area contributed by atoms with Crippen LogP contribution in [0, 0.1) is 6.92 Å². The molecule has 3 aromatic rings. The Morgan fingerprint density at radius 3 is 2.48 bits per heavy atom. The molecule has 1 aromatic heterocycles. The number of nitrogens with zero attached hydrogens (tertiary/aromatic N) is 3. The van der Waals surface area contributed by atoms with E-state index in [1.165, 1.54) is 5.56 Å². The van der Waals surface area contributed by atoms with Crippen LogP contribution in [-0.4, -0.2) is 53.0 Å². The van der Waals surface area contributed by atoms with E-state index in [1.807, 2.05) is 55.1 Å². The molecule has 29 heavy (non-hydrogen) atoms. The van der Waals surface area contributed by atoms with Gasteiger partial charge in [-0.2, -0.15) is 0 Å². The van der Waals surface area contributed by atoms with Gasteiger partial charge in [0, 0.05) is 44.2 Å². The van der Waals surface area contributed by atoms with Gasteiger partial charge in [-0.05, 0) is 31.0 Å². The van der Waals surface area contributed by atoms with Crippen LogP contribution >= 0.6 is 0 Å². The Balaban J connectivity index is 1.34. The second kappa shape index (κ2) is 8.62. The average Bonchev–Trinajstić information content (AvgIpc) is 2.74. The summed E-state index contributed by atoms with van der Waals surface area (Å²) in [6.07, 6.45) is -0.552. The Morgan fingerprint density at radius 2 is 1.72 bits per heavy atom. The molecule has 5 nitrogen and oxygen atoms in total. The van der Waals surface area contributed by atoms with Gasteiger partial charge in [0.25, 0.3) is 5.91 Å². The summed E-state index contributed by atoms with van der Waals surface area (Å²) in [5.74, 6) is 0.529. The summed E-state index contributed by atoms with van der Waals surface area (Å²) in [4.78, 5) is 21.7. The Morgan fingerprint density at radius 1 is 1.03 bits per heavy atom. The lowest BCUT2D eigenvalue weighted by Crippen LogP contribution is -2.51. The number of para-hydroxylation sites is 1. The number of pyridine rings is 1. The second-order valence-electron chi connectivity index (χ2n) is 7.64. The molecule has 1 aliphatic rings. The quantitative estimate of drug-likeness (QED) is 0.668. The van der Waals surface area contributed by atoms with Crippen LogP contribution in [0.4, 0.5) is 0 Å². The number of fused-ring (bicyclic) bond motifs is 1. The van der Waals surface area contributed by atoms with E-state index in [1.54, 1.807) is 0 Å². The molecule has 0 saturated carbocycles. The van der Waals surface area contributed by atoms with Crippen LogP contribution in [0.1, 0.15) is 18.1 Å². The van der Waals surface area contributed by atoms with Gasteiger partial charge in [0.1, 0.15) is 0 Å². The van der Waals surface area contributed by atoms with Crippen molar-refractivity contribution < 1.29 is 9.53 Å². The van der Waals surface area contributed by atoms with Crippen LogP contribution in [0.15, 0.2) is 60.7 Å². The lowest BCUT2D eigenvalue weighted by atomic mass is 10.1. The zero-order valence-corrected chi connectivity index (χ0v) is 17.0.